The van der Waals surface area contributed by atoms with Gasteiger partial charge in [-0.15, -0.1) is 11.3 Å². The number of nitrogens with zero attached hydrogens (tertiary/aromatic N) is 1. The van der Waals surface area contributed by atoms with Gasteiger partial charge in [-0.1, -0.05) is 0 Å². The number of fused-ring (bicyclic) bond motifs is 1. The Morgan fingerprint density at radius 2 is 2.24 bits per heavy atom. The van der Waals surface area contributed by atoms with E-state index in [-0.39, 0.29) is 0 Å². The second-order valence-electron chi connectivity index (χ2n) is 4.73. The van der Waals surface area contributed by atoms with E-state index in [1.807, 2.05) is 17.6 Å². The molecule has 0 aliphatic carbocycles. The average molecular weight is 306 g/mol. The molecule has 2 heterocycles. The van der Waals surface area contributed by atoms with E-state index in [9.17, 15) is 0 Å². The van der Waals surface area contributed by atoms with E-state index in [0.717, 1.165) is 42.3 Å². The maximum atomic E-state index is 5.63. The monoisotopic (exact) mass is 306 g/mol. The number of ether oxygens (including phenoxy) is 3. The third-order valence-electron chi connectivity index (χ3n) is 3.26. The molecule has 21 heavy (non-hydrogen) atoms. The van der Waals surface area contributed by atoms with Gasteiger partial charge in [0.15, 0.2) is 11.5 Å². The topological polar surface area (TPSA) is 52.6 Å². The van der Waals surface area contributed by atoms with Gasteiger partial charge in [-0.3, -0.25) is 0 Å². The molecule has 0 amide bonds. The SMILES string of the molecule is COc1cc(CNCCc2cscn2)cc2c1OCCO2. The van der Waals surface area contributed by atoms with Crippen molar-refractivity contribution in [1.82, 2.24) is 10.3 Å². The van der Waals surface area contributed by atoms with Gasteiger partial charge in [0.05, 0.1) is 18.3 Å². The highest BCUT2D eigenvalue weighted by Crippen LogP contribution is 2.40. The molecule has 0 saturated carbocycles. The van der Waals surface area contributed by atoms with Crippen molar-refractivity contribution in [2.24, 2.45) is 0 Å². The molecular formula is C15H18N2O3S. The van der Waals surface area contributed by atoms with Crippen molar-refractivity contribution >= 4 is 11.3 Å². The van der Waals surface area contributed by atoms with Crippen molar-refractivity contribution in [3.8, 4) is 17.2 Å². The van der Waals surface area contributed by atoms with Crippen LogP contribution in [-0.2, 0) is 13.0 Å². The van der Waals surface area contributed by atoms with E-state index in [0.29, 0.717) is 19.0 Å². The first-order valence-electron chi connectivity index (χ1n) is 6.91. The Morgan fingerprint density at radius 3 is 3.05 bits per heavy atom. The van der Waals surface area contributed by atoms with E-state index in [2.05, 4.69) is 15.7 Å². The van der Waals surface area contributed by atoms with Crippen LogP contribution in [0.1, 0.15) is 11.3 Å². The molecule has 1 aromatic heterocycles. The molecule has 3 rings (SSSR count). The van der Waals surface area contributed by atoms with Crippen molar-refractivity contribution in [3.05, 3.63) is 34.3 Å². The molecule has 2 aromatic rings. The molecule has 0 saturated heterocycles. The van der Waals surface area contributed by atoms with Crippen molar-refractivity contribution in [2.75, 3.05) is 26.9 Å². The lowest BCUT2D eigenvalue weighted by Crippen LogP contribution is -2.19. The molecule has 1 N–H and O–H groups in total. The highest BCUT2D eigenvalue weighted by atomic mass is 32.1. The number of hydrogen-bond donors (Lipinski definition) is 1. The zero-order chi connectivity index (χ0) is 14.5. The number of nitrogens with one attached hydrogen (secondary N) is 1. The molecule has 112 valence electrons. The van der Waals surface area contributed by atoms with E-state index >= 15 is 0 Å². The number of hydrogen-bond acceptors (Lipinski definition) is 6. The Labute approximate surface area is 127 Å². The molecule has 5 nitrogen and oxygen atoms in total. The molecular weight excluding hydrogens is 288 g/mol. The normalized spacial score (nSPS) is 13.2. The van der Waals surface area contributed by atoms with E-state index in [1.165, 1.54) is 0 Å². The van der Waals surface area contributed by atoms with Gasteiger partial charge in [0.2, 0.25) is 5.75 Å². The summed E-state index contributed by atoms with van der Waals surface area (Å²) < 4.78 is 16.6. The largest absolute Gasteiger partial charge is 0.493 e. The first-order chi connectivity index (χ1) is 10.4. The fraction of sp³-hybridized carbons (Fsp3) is 0.400. The van der Waals surface area contributed by atoms with Gasteiger partial charge in [-0.05, 0) is 17.7 Å². The van der Waals surface area contributed by atoms with Gasteiger partial charge in [0.1, 0.15) is 13.2 Å². The Balaban J connectivity index is 1.60. The van der Waals surface area contributed by atoms with Crippen LogP contribution in [0.3, 0.4) is 0 Å². The lowest BCUT2D eigenvalue weighted by atomic mass is 10.1. The first kappa shape index (κ1) is 14.2. The van der Waals surface area contributed by atoms with Crippen molar-refractivity contribution in [2.45, 2.75) is 13.0 Å². The number of methoxy groups -OCH3 is 1. The summed E-state index contributed by atoms with van der Waals surface area (Å²) in [7, 11) is 1.65. The lowest BCUT2D eigenvalue weighted by Gasteiger charge is -2.21. The van der Waals surface area contributed by atoms with Crippen LogP contribution in [0.15, 0.2) is 23.0 Å². The maximum Gasteiger partial charge on any atom is 0.203 e. The summed E-state index contributed by atoms with van der Waals surface area (Å²) >= 11 is 1.63. The van der Waals surface area contributed by atoms with Crippen LogP contribution in [0.2, 0.25) is 0 Å². The Hall–Kier alpha value is -1.79. The summed E-state index contributed by atoms with van der Waals surface area (Å²) in [5.74, 6) is 2.19. The summed E-state index contributed by atoms with van der Waals surface area (Å²) in [6, 6.07) is 4.00. The Kier molecular flexibility index (Phi) is 4.57. The summed E-state index contributed by atoms with van der Waals surface area (Å²) in [4.78, 5) is 4.27. The zero-order valence-corrected chi connectivity index (χ0v) is 12.7. The molecule has 0 spiro atoms. The summed E-state index contributed by atoms with van der Waals surface area (Å²) in [5, 5.41) is 5.49. The molecule has 1 aliphatic rings. The van der Waals surface area contributed by atoms with Crippen LogP contribution in [0, 0.1) is 0 Å². The minimum absolute atomic E-state index is 0.564. The second-order valence-corrected chi connectivity index (χ2v) is 5.45. The number of thiazole rings is 1. The fourth-order valence-corrected chi connectivity index (χ4v) is 2.83. The molecule has 0 unspecified atom stereocenters. The van der Waals surface area contributed by atoms with Gasteiger partial charge < -0.3 is 19.5 Å². The highest BCUT2D eigenvalue weighted by molar-refractivity contribution is 7.07. The van der Waals surface area contributed by atoms with Crippen LogP contribution in [-0.4, -0.2) is 31.9 Å². The molecule has 1 aromatic carbocycles. The molecule has 0 bridgehead atoms. The lowest BCUT2D eigenvalue weighted by molar-refractivity contribution is 0.165. The first-order valence-corrected chi connectivity index (χ1v) is 7.85. The predicted molar refractivity (Wildman–Crippen MR) is 81.5 cm³/mol. The van der Waals surface area contributed by atoms with Gasteiger partial charge in [0, 0.05) is 24.9 Å². The summed E-state index contributed by atoms with van der Waals surface area (Å²) in [5.41, 5.74) is 4.11. The Bertz CT molecular complexity index is 570. The molecule has 0 atom stereocenters. The third kappa shape index (κ3) is 3.46. The summed E-state index contributed by atoms with van der Waals surface area (Å²) in [6.45, 7) is 2.79. The molecule has 1 aliphatic heterocycles. The van der Waals surface area contributed by atoms with Crippen molar-refractivity contribution in [1.29, 1.82) is 0 Å². The third-order valence-corrected chi connectivity index (χ3v) is 3.89. The number of benzene rings is 1. The van der Waals surface area contributed by atoms with Crippen molar-refractivity contribution in [3.63, 3.8) is 0 Å². The fourth-order valence-electron chi connectivity index (χ4n) is 2.24. The zero-order valence-electron chi connectivity index (χ0n) is 11.9. The quantitative estimate of drug-likeness (QED) is 0.830. The number of rotatable bonds is 6. The molecule has 0 radical (unpaired) electrons. The van der Waals surface area contributed by atoms with E-state index in [1.54, 1.807) is 18.4 Å². The van der Waals surface area contributed by atoms with Gasteiger partial charge in [0.25, 0.3) is 0 Å². The number of aromatic nitrogens is 1. The Morgan fingerprint density at radius 1 is 1.33 bits per heavy atom. The minimum Gasteiger partial charge on any atom is -0.493 e. The van der Waals surface area contributed by atoms with Crippen LogP contribution < -0.4 is 19.5 Å². The standard InChI is InChI=1S/C15H18N2O3S/c1-18-13-6-11(7-14-15(13)20-5-4-19-14)8-16-3-2-12-9-21-10-17-12/h6-7,9-10,16H,2-5,8H2,1H3. The van der Waals surface area contributed by atoms with Crippen LogP contribution in [0.5, 0.6) is 17.2 Å². The smallest absolute Gasteiger partial charge is 0.203 e. The van der Waals surface area contributed by atoms with Crippen LogP contribution in [0.25, 0.3) is 0 Å². The van der Waals surface area contributed by atoms with Crippen LogP contribution >= 0.6 is 11.3 Å². The summed E-state index contributed by atoms with van der Waals surface area (Å²) in [6.07, 6.45) is 0.936. The minimum atomic E-state index is 0.564. The second kappa shape index (κ2) is 6.78. The maximum absolute atomic E-state index is 5.63. The van der Waals surface area contributed by atoms with Gasteiger partial charge in [-0.2, -0.15) is 0 Å². The van der Waals surface area contributed by atoms with Crippen molar-refractivity contribution < 1.29 is 14.2 Å². The molecule has 6 heteroatoms. The van der Waals surface area contributed by atoms with Gasteiger partial charge >= 0.3 is 0 Å². The van der Waals surface area contributed by atoms with Crippen LogP contribution in [0.4, 0.5) is 0 Å². The molecule has 0 fully saturated rings. The average Bonchev–Trinajstić information content (AvgIpc) is 3.04. The van der Waals surface area contributed by atoms with E-state index in [4.69, 9.17) is 14.2 Å². The predicted octanol–water partition coefficient (Wildman–Crippen LogP) is 2.26. The van der Waals surface area contributed by atoms with E-state index < -0.39 is 0 Å². The van der Waals surface area contributed by atoms with Gasteiger partial charge in [-0.25, -0.2) is 4.98 Å². The highest BCUT2D eigenvalue weighted by Gasteiger charge is 2.18.